The van der Waals surface area contributed by atoms with Crippen LogP contribution in [0.5, 0.6) is 0 Å². The highest BCUT2D eigenvalue weighted by Crippen LogP contribution is 2.26. The van der Waals surface area contributed by atoms with E-state index in [1.807, 2.05) is 18.2 Å². The minimum Gasteiger partial charge on any atom is -0.297 e. The van der Waals surface area contributed by atoms with Crippen molar-refractivity contribution in [3.63, 3.8) is 0 Å². The summed E-state index contributed by atoms with van der Waals surface area (Å²) in [5.74, 6) is 0.262. The Morgan fingerprint density at radius 2 is 1.89 bits per heavy atom. The molecule has 2 heteroatoms. The summed E-state index contributed by atoms with van der Waals surface area (Å²) in [5, 5.41) is 0. The maximum Gasteiger partial charge on any atom is 0.158 e. The molecule has 0 aromatic heterocycles. The molecule has 1 aromatic carbocycles. The van der Waals surface area contributed by atoms with Gasteiger partial charge >= 0.3 is 0 Å². The zero-order chi connectivity index (χ0) is 12.8. The normalized spacial score (nSPS) is 18.2. The van der Waals surface area contributed by atoms with Gasteiger partial charge in [0.2, 0.25) is 0 Å². The third-order valence-corrected chi connectivity index (χ3v) is 3.52. The molecule has 0 aliphatic carbocycles. The fourth-order valence-electron chi connectivity index (χ4n) is 2.67. The number of likely N-dealkylation sites (tertiary alicyclic amines) is 1. The Bertz CT molecular complexity index is 393. The predicted molar refractivity (Wildman–Crippen MR) is 74.4 cm³/mol. The quantitative estimate of drug-likeness (QED) is 0.739. The molecule has 96 valence electrons. The largest absolute Gasteiger partial charge is 0.297 e. The molecule has 0 N–H and O–H groups in total. The van der Waals surface area contributed by atoms with Gasteiger partial charge in [-0.3, -0.25) is 9.69 Å². The zero-order valence-corrected chi connectivity index (χ0v) is 10.8. The number of allylic oxidation sites excluding steroid dienone is 1. The minimum atomic E-state index is -0.0792. The van der Waals surface area contributed by atoms with Gasteiger partial charge in [-0.05, 0) is 31.5 Å². The van der Waals surface area contributed by atoms with E-state index in [0.717, 1.165) is 18.7 Å². The van der Waals surface area contributed by atoms with Gasteiger partial charge in [0.25, 0.3) is 0 Å². The molecule has 0 bridgehead atoms. The van der Waals surface area contributed by atoms with E-state index < -0.39 is 0 Å². The van der Waals surface area contributed by atoms with Crippen molar-refractivity contribution in [2.75, 3.05) is 13.1 Å². The molecule has 1 aliphatic rings. The summed E-state index contributed by atoms with van der Waals surface area (Å²) in [4.78, 5) is 14.7. The summed E-state index contributed by atoms with van der Waals surface area (Å²) in [7, 11) is 0. The van der Waals surface area contributed by atoms with Gasteiger partial charge < -0.3 is 0 Å². The molecule has 1 saturated heterocycles. The number of hydrogen-bond donors (Lipinski definition) is 0. The number of ketones is 1. The molecule has 1 aromatic rings. The molecule has 1 unspecified atom stereocenters. The molecule has 0 saturated carbocycles. The second-order valence-corrected chi connectivity index (χ2v) is 4.87. The first-order valence-electron chi connectivity index (χ1n) is 6.75. The van der Waals surface area contributed by atoms with Gasteiger partial charge in [0.15, 0.2) is 5.78 Å². The molecule has 1 atom stereocenters. The van der Waals surface area contributed by atoms with Gasteiger partial charge in [-0.25, -0.2) is 0 Å². The molecule has 2 nitrogen and oxygen atoms in total. The minimum absolute atomic E-state index is 0.0792. The lowest BCUT2D eigenvalue weighted by molar-refractivity contribution is -0.124. The number of piperidine rings is 1. The number of carbonyl (C=O) groups excluding carboxylic acids is 1. The average molecular weight is 243 g/mol. The highest BCUT2D eigenvalue weighted by Gasteiger charge is 2.27. The molecule has 1 fully saturated rings. The Balaban J connectivity index is 2.21. The monoisotopic (exact) mass is 243 g/mol. The number of rotatable bonds is 5. The lowest BCUT2D eigenvalue weighted by Crippen LogP contribution is -2.37. The van der Waals surface area contributed by atoms with Crippen LogP contribution in [0.1, 0.15) is 37.3 Å². The number of hydrogen-bond acceptors (Lipinski definition) is 2. The molecule has 18 heavy (non-hydrogen) atoms. The van der Waals surface area contributed by atoms with Crippen molar-refractivity contribution in [2.24, 2.45) is 0 Å². The van der Waals surface area contributed by atoms with Crippen molar-refractivity contribution < 1.29 is 4.79 Å². The maximum absolute atomic E-state index is 12.3. The van der Waals surface area contributed by atoms with Crippen molar-refractivity contribution in [2.45, 2.75) is 31.7 Å². The average Bonchev–Trinajstić information content (AvgIpc) is 2.42. The molecular formula is C16H21NO. The van der Waals surface area contributed by atoms with Crippen LogP contribution in [0.4, 0.5) is 0 Å². The number of Topliss-reactive ketones (excluding diaryl/α,β-unsaturated/α-hetero) is 1. The third-order valence-electron chi connectivity index (χ3n) is 3.52. The van der Waals surface area contributed by atoms with E-state index in [-0.39, 0.29) is 11.8 Å². The SMILES string of the molecule is C=CCC(=O)C(c1ccccc1)N1CCCCC1. The van der Waals surface area contributed by atoms with Gasteiger partial charge in [0.05, 0.1) is 6.04 Å². The summed E-state index contributed by atoms with van der Waals surface area (Å²) in [6.45, 7) is 5.74. The van der Waals surface area contributed by atoms with Gasteiger partial charge in [-0.2, -0.15) is 0 Å². The number of carbonyl (C=O) groups is 1. The predicted octanol–water partition coefficient (Wildman–Crippen LogP) is 3.36. The molecule has 0 radical (unpaired) electrons. The van der Waals surface area contributed by atoms with Crippen LogP contribution < -0.4 is 0 Å². The summed E-state index contributed by atoms with van der Waals surface area (Å²) in [6, 6.07) is 10.0. The van der Waals surface area contributed by atoms with Crippen LogP contribution in [-0.2, 0) is 4.79 Å². The van der Waals surface area contributed by atoms with E-state index in [0.29, 0.717) is 6.42 Å². The first-order valence-corrected chi connectivity index (χ1v) is 6.75. The van der Waals surface area contributed by atoms with E-state index in [4.69, 9.17) is 0 Å². The molecule has 1 heterocycles. The maximum atomic E-state index is 12.3. The second-order valence-electron chi connectivity index (χ2n) is 4.87. The lowest BCUT2D eigenvalue weighted by Gasteiger charge is -2.33. The topological polar surface area (TPSA) is 20.3 Å². The fraction of sp³-hybridized carbons (Fsp3) is 0.438. The Morgan fingerprint density at radius 3 is 2.50 bits per heavy atom. The summed E-state index contributed by atoms with van der Waals surface area (Å²) < 4.78 is 0. The third kappa shape index (κ3) is 3.08. The second kappa shape index (κ2) is 6.50. The molecule has 0 amide bonds. The Morgan fingerprint density at radius 1 is 1.22 bits per heavy atom. The summed E-state index contributed by atoms with van der Waals surface area (Å²) in [6.07, 6.45) is 5.85. The van der Waals surface area contributed by atoms with Crippen LogP contribution in [0.25, 0.3) is 0 Å². The van der Waals surface area contributed by atoms with Crippen LogP contribution in [0, 0.1) is 0 Å². The molecular weight excluding hydrogens is 222 g/mol. The number of nitrogens with zero attached hydrogens (tertiary/aromatic N) is 1. The van der Waals surface area contributed by atoms with Crippen LogP contribution in [-0.4, -0.2) is 23.8 Å². The molecule has 2 rings (SSSR count). The van der Waals surface area contributed by atoms with Gasteiger partial charge in [0, 0.05) is 6.42 Å². The fourth-order valence-corrected chi connectivity index (χ4v) is 2.67. The van der Waals surface area contributed by atoms with Crippen LogP contribution in [0.2, 0.25) is 0 Å². The lowest BCUT2D eigenvalue weighted by atomic mass is 9.96. The van der Waals surface area contributed by atoms with Gasteiger partial charge in [-0.1, -0.05) is 42.8 Å². The van der Waals surface area contributed by atoms with Crippen LogP contribution >= 0.6 is 0 Å². The molecule has 0 spiro atoms. The van der Waals surface area contributed by atoms with Gasteiger partial charge in [0.1, 0.15) is 0 Å². The van der Waals surface area contributed by atoms with Crippen molar-refractivity contribution in [3.8, 4) is 0 Å². The van der Waals surface area contributed by atoms with Gasteiger partial charge in [-0.15, -0.1) is 6.58 Å². The first-order chi connectivity index (χ1) is 8.83. The van der Waals surface area contributed by atoms with Crippen molar-refractivity contribution >= 4 is 5.78 Å². The zero-order valence-electron chi connectivity index (χ0n) is 10.8. The Hall–Kier alpha value is -1.41. The van der Waals surface area contributed by atoms with Crippen molar-refractivity contribution in [3.05, 3.63) is 48.6 Å². The van der Waals surface area contributed by atoms with Crippen LogP contribution in [0.3, 0.4) is 0 Å². The molecule has 1 aliphatic heterocycles. The summed E-state index contributed by atoms with van der Waals surface area (Å²) >= 11 is 0. The summed E-state index contributed by atoms with van der Waals surface area (Å²) in [5.41, 5.74) is 1.12. The van der Waals surface area contributed by atoms with E-state index in [2.05, 4.69) is 23.6 Å². The highest BCUT2D eigenvalue weighted by atomic mass is 16.1. The smallest absolute Gasteiger partial charge is 0.158 e. The van der Waals surface area contributed by atoms with E-state index in [1.165, 1.54) is 19.3 Å². The first kappa shape index (κ1) is 13.0. The van der Waals surface area contributed by atoms with Crippen LogP contribution in [0.15, 0.2) is 43.0 Å². The van der Waals surface area contributed by atoms with E-state index in [9.17, 15) is 4.79 Å². The standard InChI is InChI=1S/C16H21NO/c1-2-9-15(18)16(14-10-5-3-6-11-14)17-12-7-4-8-13-17/h2-3,5-6,10-11,16H,1,4,7-9,12-13H2. The highest BCUT2D eigenvalue weighted by molar-refractivity contribution is 5.86. The van der Waals surface area contributed by atoms with E-state index >= 15 is 0 Å². The van der Waals surface area contributed by atoms with Crippen molar-refractivity contribution in [1.82, 2.24) is 4.90 Å². The number of benzene rings is 1. The van der Waals surface area contributed by atoms with Crippen molar-refractivity contribution in [1.29, 1.82) is 0 Å². The Labute approximate surface area is 109 Å². The Kier molecular flexibility index (Phi) is 4.71. The van der Waals surface area contributed by atoms with E-state index in [1.54, 1.807) is 6.08 Å².